The monoisotopic (exact) mass is 317 g/mol. The van der Waals surface area contributed by atoms with Crippen molar-refractivity contribution in [2.45, 2.75) is 19.8 Å². The normalized spacial score (nSPS) is 19.7. The minimum atomic E-state index is 0.141. The molecular formula is C18H27N3O2. The van der Waals surface area contributed by atoms with Crippen LogP contribution in [0.5, 0.6) is 0 Å². The maximum atomic E-state index is 12.1. The molecule has 2 heterocycles. The van der Waals surface area contributed by atoms with Crippen molar-refractivity contribution in [3.05, 3.63) is 24.3 Å². The van der Waals surface area contributed by atoms with Crippen molar-refractivity contribution < 1.29 is 9.53 Å². The summed E-state index contributed by atoms with van der Waals surface area (Å²) in [7, 11) is 0. The molecule has 0 spiro atoms. The van der Waals surface area contributed by atoms with Crippen LogP contribution in [-0.2, 0) is 9.53 Å². The highest BCUT2D eigenvalue weighted by Crippen LogP contribution is 2.24. The van der Waals surface area contributed by atoms with Gasteiger partial charge in [0.2, 0.25) is 5.91 Å². The van der Waals surface area contributed by atoms with Gasteiger partial charge in [-0.05, 0) is 43.0 Å². The van der Waals surface area contributed by atoms with Gasteiger partial charge in [-0.25, -0.2) is 0 Å². The number of carbonyl (C=O) groups excluding carboxylic acids is 1. The molecule has 5 nitrogen and oxygen atoms in total. The van der Waals surface area contributed by atoms with Gasteiger partial charge in [0.25, 0.3) is 0 Å². The molecule has 0 radical (unpaired) electrons. The van der Waals surface area contributed by atoms with Crippen LogP contribution in [0.1, 0.15) is 19.8 Å². The molecule has 0 aromatic heterocycles. The van der Waals surface area contributed by atoms with E-state index in [0.29, 0.717) is 32.8 Å². The number of nitrogens with zero attached hydrogens (tertiary/aromatic N) is 2. The Labute approximate surface area is 138 Å². The van der Waals surface area contributed by atoms with Crippen molar-refractivity contribution >= 4 is 17.3 Å². The van der Waals surface area contributed by atoms with Crippen LogP contribution in [0.2, 0.25) is 0 Å². The van der Waals surface area contributed by atoms with Gasteiger partial charge < -0.3 is 19.9 Å². The van der Waals surface area contributed by atoms with E-state index in [1.807, 2.05) is 4.90 Å². The van der Waals surface area contributed by atoms with Gasteiger partial charge in [-0.2, -0.15) is 0 Å². The molecule has 2 fully saturated rings. The molecule has 23 heavy (non-hydrogen) atoms. The summed E-state index contributed by atoms with van der Waals surface area (Å²) in [5.41, 5.74) is 2.28. The first-order valence-corrected chi connectivity index (χ1v) is 8.67. The lowest BCUT2D eigenvalue weighted by atomic mass is 9.99. The van der Waals surface area contributed by atoms with E-state index in [4.69, 9.17) is 4.74 Å². The number of anilines is 2. The average Bonchev–Trinajstić information content (AvgIpc) is 2.61. The molecule has 3 rings (SSSR count). The van der Waals surface area contributed by atoms with Gasteiger partial charge >= 0.3 is 0 Å². The largest absolute Gasteiger partial charge is 0.378 e. The van der Waals surface area contributed by atoms with Crippen molar-refractivity contribution in [1.29, 1.82) is 0 Å². The predicted octanol–water partition coefficient (Wildman–Crippen LogP) is 2.19. The minimum absolute atomic E-state index is 0.141. The molecule has 126 valence electrons. The molecule has 1 aromatic carbocycles. The summed E-state index contributed by atoms with van der Waals surface area (Å²) in [6.45, 7) is 7.66. The molecule has 0 atom stereocenters. The Morgan fingerprint density at radius 2 is 1.78 bits per heavy atom. The predicted molar refractivity (Wildman–Crippen MR) is 92.9 cm³/mol. The summed E-state index contributed by atoms with van der Waals surface area (Å²) in [5.74, 6) is 0.987. The Kier molecular flexibility index (Phi) is 5.39. The van der Waals surface area contributed by atoms with E-state index in [1.54, 1.807) is 0 Å². The number of hydrogen-bond donors (Lipinski definition) is 1. The van der Waals surface area contributed by atoms with Crippen LogP contribution in [0, 0.1) is 5.92 Å². The molecule has 1 N–H and O–H groups in total. The van der Waals surface area contributed by atoms with Gasteiger partial charge in [-0.3, -0.25) is 4.79 Å². The molecule has 1 aromatic rings. The summed E-state index contributed by atoms with van der Waals surface area (Å²) in [6.07, 6.45) is 2.54. The summed E-state index contributed by atoms with van der Waals surface area (Å²) < 4.78 is 5.27. The SMILES string of the molecule is CC1CCN(c2ccc(NCC(=O)N3CCOCC3)cc2)CC1. The van der Waals surface area contributed by atoms with E-state index in [-0.39, 0.29) is 5.91 Å². The number of amides is 1. The maximum Gasteiger partial charge on any atom is 0.242 e. The van der Waals surface area contributed by atoms with Crippen molar-refractivity contribution in [2.75, 3.05) is 56.2 Å². The van der Waals surface area contributed by atoms with Crippen LogP contribution >= 0.6 is 0 Å². The summed E-state index contributed by atoms with van der Waals surface area (Å²) in [6, 6.07) is 8.44. The lowest BCUT2D eigenvalue weighted by Crippen LogP contribution is -2.43. The van der Waals surface area contributed by atoms with Crippen LogP contribution in [0.15, 0.2) is 24.3 Å². The quantitative estimate of drug-likeness (QED) is 0.925. The summed E-state index contributed by atoms with van der Waals surface area (Å²) in [4.78, 5) is 16.4. The fraction of sp³-hybridized carbons (Fsp3) is 0.611. The number of morpholine rings is 1. The highest BCUT2D eigenvalue weighted by atomic mass is 16.5. The van der Waals surface area contributed by atoms with E-state index in [9.17, 15) is 4.79 Å². The van der Waals surface area contributed by atoms with Crippen LogP contribution in [0.4, 0.5) is 11.4 Å². The van der Waals surface area contributed by atoms with Crippen LogP contribution in [-0.4, -0.2) is 56.7 Å². The number of nitrogens with one attached hydrogen (secondary N) is 1. The molecular weight excluding hydrogens is 290 g/mol. The molecule has 0 bridgehead atoms. The highest BCUT2D eigenvalue weighted by molar-refractivity contribution is 5.81. The molecule has 0 saturated carbocycles. The number of hydrogen-bond acceptors (Lipinski definition) is 4. The second kappa shape index (κ2) is 7.68. The molecule has 5 heteroatoms. The van der Waals surface area contributed by atoms with E-state index >= 15 is 0 Å². The second-order valence-corrected chi connectivity index (χ2v) is 6.56. The van der Waals surface area contributed by atoms with E-state index in [2.05, 4.69) is 41.4 Å². The van der Waals surface area contributed by atoms with Crippen molar-refractivity contribution in [3.63, 3.8) is 0 Å². The number of carbonyl (C=O) groups is 1. The first-order chi connectivity index (χ1) is 11.2. The molecule has 0 aliphatic carbocycles. The third-order valence-electron chi connectivity index (χ3n) is 4.82. The molecule has 0 unspecified atom stereocenters. The van der Waals surface area contributed by atoms with Crippen LogP contribution < -0.4 is 10.2 Å². The Morgan fingerprint density at radius 1 is 1.13 bits per heavy atom. The van der Waals surface area contributed by atoms with E-state index < -0.39 is 0 Å². The molecule has 2 aliphatic heterocycles. The Bertz CT molecular complexity index is 504. The number of rotatable bonds is 4. The number of piperidine rings is 1. The highest BCUT2D eigenvalue weighted by Gasteiger charge is 2.17. The third-order valence-corrected chi connectivity index (χ3v) is 4.82. The summed E-state index contributed by atoms with van der Waals surface area (Å²) >= 11 is 0. The number of benzene rings is 1. The fourth-order valence-corrected chi connectivity index (χ4v) is 3.16. The van der Waals surface area contributed by atoms with Crippen LogP contribution in [0.3, 0.4) is 0 Å². The molecule has 2 aliphatic rings. The standard InChI is InChI=1S/C18H27N3O2/c1-15-6-8-20(9-7-15)17-4-2-16(3-5-17)19-14-18(22)21-10-12-23-13-11-21/h2-5,15,19H,6-14H2,1H3. The zero-order chi connectivity index (χ0) is 16.1. The van der Waals surface area contributed by atoms with Crippen molar-refractivity contribution in [3.8, 4) is 0 Å². The topological polar surface area (TPSA) is 44.8 Å². The second-order valence-electron chi connectivity index (χ2n) is 6.56. The lowest BCUT2D eigenvalue weighted by molar-refractivity contribution is -0.133. The minimum Gasteiger partial charge on any atom is -0.378 e. The first kappa shape index (κ1) is 16.1. The first-order valence-electron chi connectivity index (χ1n) is 8.67. The molecule has 1 amide bonds. The molecule has 2 saturated heterocycles. The Balaban J connectivity index is 1.48. The van der Waals surface area contributed by atoms with E-state index in [0.717, 1.165) is 24.7 Å². The van der Waals surface area contributed by atoms with E-state index in [1.165, 1.54) is 18.5 Å². The van der Waals surface area contributed by atoms with Gasteiger partial charge in [-0.1, -0.05) is 6.92 Å². The zero-order valence-corrected chi connectivity index (χ0v) is 14.0. The fourth-order valence-electron chi connectivity index (χ4n) is 3.16. The van der Waals surface area contributed by atoms with Gasteiger partial charge in [0.15, 0.2) is 0 Å². The van der Waals surface area contributed by atoms with Crippen LogP contribution in [0.25, 0.3) is 0 Å². The smallest absolute Gasteiger partial charge is 0.242 e. The Morgan fingerprint density at radius 3 is 2.43 bits per heavy atom. The van der Waals surface area contributed by atoms with Gasteiger partial charge in [0, 0.05) is 37.6 Å². The van der Waals surface area contributed by atoms with Crippen molar-refractivity contribution in [2.24, 2.45) is 5.92 Å². The zero-order valence-electron chi connectivity index (χ0n) is 14.0. The summed E-state index contributed by atoms with van der Waals surface area (Å²) in [5, 5.41) is 3.23. The Hall–Kier alpha value is -1.75. The van der Waals surface area contributed by atoms with Gasteiger partial charge in [0.05, 0.1) is 19.8 Å². The lowest BCUT2D eigenvalue weighted by Gasteiger charge is -2.32. The average molecular weight is 317 g/mol. The number of ether oxygens (including phenoxy) is 1. The third kappa shape index (κ3) is 4.38. The van der Waals surface area contributed by atoms with Gasteiger partial charge in [-0.15, -0.1) is 0 Å². The van der Waals surface area contributed by atoms with Crippen molar-refractivity contribution in [1.82, 2.24) is 4.90 Å². The maximum absolute atomic E-state index is 12.1. The van der Waals surface area contributed by atoms with Gasteiger partial charge in [0.1, 0.15) is 0 Å².